The van der Waals surface area contributed by atoms with Gasteiger partial charge in [-0.05, 0) is 109 Å². The third kappa shape index (κ3) is 8.11. The molecule has 0 atom stereocenters. The average Bonchev–Trinajstić information content (AvgIpc) is 3.69. The Kier molecular flexibility index (Phi) is 10.1. The molecule has 0 saturated carbocycles. The molecule has 0 radical (unpaired) electrons. The molecule has 0 bridgehead atoms. The lowest BCUT2D eigenvalue weighted by Crippen LogP contribution is -2.29. The van der Waals surface area contributed by atoms with E-state index in [-0.39, 0.29) is 33.8 Å². The number of anilines is 4. The Morgan fingerprint density at radius 2 is 0.554 bits per heavy atom. The second-order valence-corrected chi connectivity index (χ2v) is 14.9. The number of benzene rings is 8. The average molecular weight is 859 g/mol. The lowest BCUT2D eigenvalue weighted by molar-refractivity contribution is 0.0910. The van der Waals surface area contributed by atoms with Gasteiger partial charge >= 0.3 is 0 Å². The van der Waals surface area contributed by atoms with Crippen LogP contribution in [0.1, 0.15) is 41.4 Å². The smallest absolute Gasteiger partial charge is 0.266 e. The van der Waals surface area contributed by atoms with Crippen LogP contribution in [0.15, 0.2) is 182 Å². The van der Waals surface area contributed by atoms with Crippen molar-refractivity contribution in [3.8, 4) is 57.5 Å². The monoisotopic (exact) mass is 858 g/mol. The van der Waals surface area contributed by atoms with E-state index >= 15 is 0 Å². The fraction of sp³-hybridized carbons (Fsp3) is 0. The third-order valence-electron chi connectivity index (χ3n) is 10.4. The van der Waals surface area contributed by atoms with Gasteiger partial charge in [-0.3, -0.25) is 19.2 Å². The Balaban J connectivity index is 0.814. The van der Waals surface area contributed by atoms with Crippen LogP contribution in [0.5, 0.6) is 57.5 Å². The number of carbonyl (C=O) groups excluding carboxylic acids is 4. The van der Waals surface area contributed by atoms with E-state index < -0.39 is 23.6 Å². The maximum atomic E-state index is 13.8. The van der Waals surface area contributed by atoms with Crippen LogP contribution in [0.25, 0.3) is 0 Å². The van der Waals surface area contributed by atoms with Gasteiger partial charge in [0.1, 0.15) is 57.5 Å². The fourth-order valence-electron chi connectivity index (χ4n) is 7.45. The first-order chi connectivity index (χ1) is 31.6. The van der Waals surface area contributed by atoms with Crippen LogP contribution in [0.4, 0.5) is 22.7 Å². The van der Waals surface area contributed by atoms with Crippen molar-refractivity contribution in [2.45, 2.75) is 0 Å². The highest BCUT2D eigenvalue weighted by Crippen LogP contribution is 2.38. The van der Waals surface area contributed by atoms with Crippen LogP contribution in [0.3, 0.4) is 0 Å². The zero-order chi connectivity index (χ0) is 44.6. The van der Waals surface area contributed by atoms with Gasteiger partial charge in [-0.2, -0.15) is 0 Å². The zero-order valence-electron chi connectivity index (χ0n) is 34.0. The van der Waals surface area contributed by atoms with Crippen LogP contribution in [-0.2, 0) is 0 Å². The normalized spacial score (nSPS) is 12.8. The molecule has 8 aromatic rings. The van der Waals surface area contributed by atoms with Crippen molar-refractivity contribution in [2.75, 3.05) is 21.3 Å². The summed E-state index contributed by atoms with van der Waals surface area (Å²) < 4.78 is 30.2. The predicted octanol–water partition coefficient (Wildman–Crippen LogP) is 11.4. The molecule has 10 rings (SSSR count). The Bertz CT molecular complexity index is 3030. The van der Waals surface area contributed by atoms with Gasteiger partial charge in [0, 0.05) is 47.8 Å². The Labute approximate surface area is 371 Å². The molecule has 13 nitrogen and oxygen atoms in total. The van der Waals surface area contributed by atoms with E-state index in [1.807, 2.05) is 0 Å². The maximum absolute atomic E-state index is 13.8. The summed E-state index contributed by atoms with van der Waals surface area (Å²) in [6.07, 6.45) is 0. The minimum atomic E-state index is -0.555. The first-order valence-corrected chi connectivity index (χ1v) is 20.2. The van der Waals surface area contributed by atoms with Gasteiger partial charge in [0.05, 0.1) is 33.6 Å². The zero-order valence-corrected chi connectivity index (χ0v) is 34.0. The number of imide groups is 2. The number of hydrogen-bond acceptors (Lipinski definition) is 11. The first kappa shape index (κ1) is 39.8. The van der Waals surface area contributed by atoms with E-state index in [0.29, 0.717) is 68.7 Å². The molecule has 8 aromatic carbocycles. The molecule has 0 aromatic heterocycles. The van der Waals surface area contributed by atoms with E-state index in [1.165, 1.54) is 24.3 Å². The van der Waals surface area contributed by atoms with Crippen LogP contribution >= 0.6 is 0 Å². The summed E-state index contributed by atoms with van der Waals surface area (Å²) in [4.78, 5) is 57.1. The molecule has 13 heteroatoms. The molecule has 2 aliphatic heterocycles. The Morgan fingerprint density at radius 3 is 0.908 bits per heavy atom. The lowest BCUT2D eigenvalue weighted by Gasteiger charge is -2.15. The van der Waals surface area contributed by atoms with Crippen molar-refractivity contribution in [3.05, 3.63) is 204 Å². The summed E-state index contributed by atoms with van der Waals surface area (Å²) in [5.74, 6) is 2.25. The minimum absolute atomic E-state index is 0.131. The van der Waals surface area contributed by atoms with Crippen molar-refractivity contribution >= 4 is 46.4 Å². The number of hydrogen-bond donors (Lipinski definition) is 2. The molecule has 0 fully saturated rings. The van der Waals surface area contributed by atoms with E-state index in [0.717, 1.165) is 9.80 Å². The van der Waals surface area contributed by atoms with Gasteiger partial charge in [0.25, 0.3) is 23.6 Å². The van der Waals surface area contributed by atoms with Gasteiger partial charge in [-0.15, -0.1) is 0 Å². The Morgan fingerprint density at radius 1 is 0.277 bits per heavy atom. The molecule has 0 spiro atoms. The second-order valence-electron chi connectivity index (χ2n) is 14.9. The Hall–Kier alpha value is -9.36. The molecule has 2 aliphatic rings. The van der Waals surface area contributed by atoms with Gasteiger partial charge in [-0.25, -0.2) is 9.80 Å². The molecular formula is C52H34N4O9. The number of ether oxygens (including phenoxy) is 5. The van der Waals surface area contributed by atoms with Gasteiger partial charge < -0.3 is 35.2 Å². The van der Waals surface area contributed by atoms with Crippen LogP contribution in [-0.4, -0.2) is 23.6 Å². The topological polar surface area (TPSA) is 173 Å². The van der Waals surface area contributed by atoms with Crippen molar-refractivity contribution in [2.24, 2.45) is 0 Å². The van der Waals surface area contributed by atoms with E-state index in [4.69, 9.17) is 35.2 Å². The summed E-state index contributed by atoms with van der Waals surface area (Å²) in [5.41, 5.74) is 14.2. The number of amides is 4. The molecule has 0 aliphatic carbocycles. The molecule has 316 valence electrons. The quantitative estimate of drug-likeness (QED) is 0.0884. The summed E-state index contributed by atoms with van der Waals surface area (Å²) in [6.45, 7) is 0. The molecule has 4 N–H and O–H groups in total. The summed E-state index contributed by atoms with van der Waals surface area (Å²) in [6, 6.07) is 50.5. The molecular weight excluding hydrogens is 825 g/mol. The first-order valence-electron chi connectivity index (χ1n) is 20.2. The largest absolute Gasteiger partial charge is 0.457 e. The highest BCUT2D eigenvalue weighted by Gasteiger charge is 2.39. The summed E-state index contributed by atoms with van der Waals surface area (Å²) >= 11 is 0. The third-order valence-corrected chi connectivity index (χ3v) is 10.4. The summed E-state index contributed by atoms with van der Waals surface area (Å²) in [7, 11) is 0. The van der Waals surface area contributed by atoms with Gasteiger partial charge in [0.2, 0.25) is 0 Å². The number of nitrogen functional groups attached to an aromatic ring is 2. The highest BCUT2D eigenvalue weighted by molar-refractivity contribution is 6.35. The van der Waals surface area contributed by atoms with E-state index in [2.05, 4.69) is 0 Å². The van der Waals surface area contributed by atoms with Crippen LogP contribution in [0.2, 0.25) is 0 Å². The SMILES string of the molecule is Nc1cccc(Oc2cccc(Oc3cccc(N4C(=O)c5ccc(Oc6ccc7c(c6)C(=O)N(c6cccc(Oc8cccc(Oc9cccc(N)c9)c8)c6)C7=O)cc5C4=O)c3)c2)c1. The van der Waals surface area contributed by atoms with Crippen molar-refractivity contribution in [1.29, 1.82) is 0 Å². The summed E-state index contributed by atoms with van der Waals surface area (Å²) in [5, 5.41) is 0. The standard InChI is InChI=1S/C52H34N4O9/c53-31-7-1-11-35(23-31)61-39-15-5-17-41(27-39)63-37-13-3-9-33(25-37)55-49(57)45-21-19-43(29-47(45)51(55)59)65-44-20-22-46-48(30-44)52(60)56(50(46)58)34-10-4-14-38(26-34)64-42-18-6-16-40(28-42)62-36-12-2-8-32(54)24-36/h1-30H,53-54H2. The van der Waals surface area contributed by atoms with Crippen LogP contribution in [0, 0.1) is 0 Å². The van der Waals surface area contributed by atoms with Crippen LogP contribution < -0.4 is 45.0 Å². The number of carbonyl (C=O) groups is 4. The molecule has 0 saturated heterocycles. The molecule has 4 amide bonds. The van der Waals surface area contributed by atoms with Crippen molar-refractivity contribution < 1.29 is 42.9 Å². The maximum Gasteiger partial charge on any atom is 0.266 e. The number of nitrogens with zero attached hydrogens (tertiary/aromatic N) is 2. The number of nitrogens with two attached hydrogens (primary N) is 2. The molecule has 2 heterocycles. The minimum Gasteiger partial charge on any atom is -0.457 e. The fourth-order valence-corrected chi connectivity index (χ4v) is 7.45. The number of fused-ring (bicyclic) bond motifs is 2. The van der Waals surface area contributed by atoms with Crippen molar-refractivity contribution in [1.82, 2.24) is 0 Å². The molecule has 65 heavy (non-hydrogen) atoms. The van der Waals surface area contributed by atoms with Crippen molar-refractivity contribution in [3.63, 3.8) is 0 Å². The predicted molar refractivity (Wildman–Crippen MR) is 243 cm³/mol. The highest BCUT2D eigenvalue weighted by atomic mass is 16.5. The van der Waals surface area contributed by atoms with Gasteiger partial charge in [-0.1, -0.05) is 36.4 Å². The second kappa shape index (κ2) is 16.5. The lowest BCUT2D eigenvalue weighted by atomic mass is 10.1. The van der Waals surface area contributed by atoms with E-state index in [1.54, 1.807) is 158 Å². The van der Waals surface area contributed by atoms with Gasteiger partial charge in [0.15, 0.2) is 0 Å². The molecule has 0 unspecified atom stereocenters. The number of rotatable bonds is 12. The van der Waals surface area contributed by atoms with E-state index in [9.17, 15) is 19.2 Å².